The van der Waals surface area contributed by atoms with E-state index in [-0.39, 0.29) is 31.1 Å². The van der Waals surface area contributed by atoms with Gasteiger partial charge in [0, 0.05) is 19.3 Å². The van der Waals surface area contributed by atoms with Gasteiger partial charge >= 0.3 is 17.9 Å². The summed E-state index contributed by atoms with van der Waals surface area (Å²) < 4.78 is 16.9. The molecule has 0 aromatic heterocycles. The third-order valence-corrected chi connectivity index (χ3v) is 14.6. The first-order valence-electron chi connectivity index (χ1n) is 33.7. The van der Waals surface area contributed by atoms with Crippen LogP contribution in [-0.4, -0.2) is 37.2 Å². The van der Waals surface area contributed by atoms with Crippen LogP contribution in [0.2, 0.25) is 0 Å². The average molecular weight is 1100 g/mol. The van der Waals surface area contributed by atoms with E-state index in [1.165, 1.54) is 173 Å². The molecule has 1 atom stereocenters. The summed E-state index contributed by atoms with van der Waals surface area (Å²) in [6.45, 7) is 6.56. The Morgan fingerprint density at radius 3 is 0.772 bits per heavy atom. The summed E-state index contributed by atoms with van der Waals surface area (Å²) in [6.07, 6.45) is 89.9. The Balaban J connectivity index is 4.24. The van der Waals surface area contributed by atoms with Crippen molar-refractivity contribution in [3.63, 3.8) is 0 Å². The van der Waals surface area contributed by atoms with E-state index in [0.717, 1.165) is 116 Å². The Morgan fingerprint density at radius 1 is 0.266 bits per heavy atom. The van der Waals surface area contributed by atoms with Crippen molar-refractivity contribution >= 4 is 17.9 Å². The lowest BCUT2D eigenvalue weighted by atomic mass is 10.0. The van der Waals surface area contributed by atoms with Crippen molar-refractivity contribution in [3.05, 3.63) is 97.2 Å². The molecule has 0 amide bonds. The summed E-state index contributed by atoms with van der Waals surface area (Å²) in [6, 6.07) is 0. The molecule has 0 fully saturated rings. The van der Waals surface area contributed by atoms with Gasteiger partial charge in [0.2, 0.25) is 0 Å². The van der Waals surface area contributed by atoms with Crippen molar-refractivity contribution < 1.29 is 28.6 Å². The molecule has 6 heteroatoms. The van der Waals surface area contributed by atoms with Crippen LogP contribution in [0, 0.1) is 0 Å². The molecule has 6 nitrogen and oxygen atoms in total. The third kappa shape index (κ3) is 65.0. The summed E-state index contributed by atoms with van der Waals surface area (Å²) >= 11 is 0. The second kappa shape index (κ2) is 66.8. The lowest BCUT2D eigenvalue weighted by Gasteiger charge is -2.18. The minimum atomic E-state index is -0.777. The van der Waals surface area contributed by atoms with Crippen LogP contribution in [0.4, 0.5) is 0 Å². The van der Waals surface area contributed by atoms with Gasteiger partial charge in [-0.2, -0.15) is 0 Å². The number of allylic oxidation sites excluding steroid dienone is 16. The Morgan fingerprint density at radius 2 is 0.494 bits per heavy atom. The minimum absolute atomic E-state index is 0.0743. The fourth-order valence-electron chi connectivity index (χ4n) is 9.58. The fourth-order valence-corrected chi connectivity index (χ4v) is 9.58. The van der Waals surface area contributed by atoms with Gasteiger partial charge in [0.1, 0.15) is 13.2 Å². The van der Waals surface area contributed by atoms with Crippen LogP contribution in [-0.2, 0) is 28.6 Å². The normalized spacial score (nSPS) is 12.7. The van der Waals surface area contributed by atoms with Gasteiger partial charge in [0.25, 0.3) is 0 Å². The largest absolute Gasteiger partial charge is 0.462 e. The first-order valence-corrected chi connectivity index (χ1v) is 33.7. The first-order chi connectivity index (χ1) is 39.0. The Labute approximate surface area is 489 Å². The summed E-state index contributed by atoms with van der Waals surface area (Å²) in [4.78, 5) is 38.3. The number of hydrogen-bond acceptors (Lipinski definition) is 6. The van der Waals surface area contributed by atoms with Crippen LogP contribution in [0.25, 0.3) is 0 Å². The van der Waals surface area contributed by atoms with E-state index < -0.39 is 6.10 Å². The molecule has 0 N–H and O–H groups in total. The van der Waals surface area contributed by atoms with Crippen LogP contribution >= 0.6 is 0 Å². The number of ether oxygens (including phenoxy) is 3. The summed E-state index contributed by atoms with van der Waals surface area (Å²) in [5.41, 5.74) is 0. The predicted octanol–water partition coefficient (Wildman–Crippen LogP) is 23.2. The molecule has 454 valence electrons. The lowest BCUT2D eigenvalue weighted by Crippen LogP contribution is -2.30. The van der Waals surface area contributed by atoms with Gasteiger partial charge in [-0.25, -0.2) is 0 Å². The molecule has 0 aliphatic carbocycles. The van der Waals surface area contributed by atoms with E-state index in [0.29, 0.717) is 19.3 Å². The van der Waals surface area contributed by atoms with E-state index in [9.17, 15) is 14.4 Å². The number of esters is 3. The van der Waals surface area contributed by atoms with Crippen molar-refractivity contribution in [2.45, 2.75) is 335 Å². The van der Waals surface area contributed by atoms with Gasteiger partial charge in [0.05, 0.1) is 0 Å². The zero-order valence-corrected chi connectivity index (χ0v) is 52.1. The molecule has 0 aliphatic heterocycles. The third-order valence-electron chi connectivity index (χ3n) is 14.6. The fraction of sp³-hybridized carbons (Fsp3) is 0.740. The second-order valence-electron chi connectivity index (χ2n) is 22.4. The molecular formula is C73H126O6. The molecule has 0 aliphatic rings. The molecule has 0 aromatic carbocycles. The van der Waals surface area contributed by atoms with Crippen LogP contribution in [0.1, 0.15) is 329 Å². The smallest absolute Gasteiger partial charge is 0.306 e. The van der Waals surface area contributed by atoms with E-state index in [4.69, 9.17) is 14.2 Å². The van der Waals surface area contributed by atoms with Gasteiger partial charge in [-0.3, -0.25) is 14.4 Å². The van der Waals surface area contributed by atoms with Crippen LogP contribution in [0.3, 0.4) is 0 Å². The summed E-state index contributed by atoms with van der Waals surface area (Å²) in [5.74, 6) is -0.867. The Hall–Kier alpha value is -3.67. The van der Waals surface area contributed by atoms with Gasteiger partial charge in [0.15, 0.2) is 6.10 Å². The van der Waals surface area contributed by atoms with Crippen molar-refractivity contribution in [1.82, 2.24) is 0 Å². The first kappa shape index (κ1) is 75.3. The minimum Gasteiger partial charge on any atom is -0.462 e. The molecule has 0 heterocycles. The van der Waals surface area contributed by atoms with E-state index in [2.05, 4.69) is 118 Å². The average Bonchev–Trinajstić information content (AvgIpc) is 3.45. The topological polar surface area (TPSA) is 78.9 Å². The van der Waals surface area contributed by atoms with Crippen LogP contribution in [0.5, 0.6) is 0 Å². The number of hydrogen-bond donors (Lipinski definition) is 0. The maximum atomic E-state index is 12.9. The van der Waals surface area contributed by atoms with E-state index in [1.807, 2.05) is 0 Å². The maximum absolute atomic E-state index is 12.9. The molecular weight excluding hydrogens is 973 g/mol. The van der Waals surface area contributed by atoms with Crippen molar-refractivity contribution in [2.24, 2.45) is 0 Å². The van der Waals surface area contributed by atoms with E-state index in [1.54, 1.807) is 0 Å². The van der Waals surface area contributed by atoms with Crippen molar-refractivity contribution in [2.75, 3.05) is 13.2 Å². The van der Waals surface area contributed by atoms with Crippen molar-refractivity contribution in [1.29, 1.82) is 0 Å². The van der Waals surface area contributed by atoms with E-state index >= 15 is 0 Å². The highest BCUT2D eigenvalue weighted by Crippen LogP contribution is 2.17. The highest BCUT2D eigenvalue weighted by atomic mass is 16.6. The van der Waals surface area contributed by atoms with Gasteiger partial charge in [-0.15, -0.1) is 0 Å². The van der Waals surface area contributed by atoms with Gasteiger partial charge < -0.3 is 14.2 Å². The van der Waals surface area contributed by atoms with Gasteiger partial charge in [-0.1, -0.05) is 323 Å². The summed E-state index contributed by atoms with van der Waals surface area (Å²) in [7, 11) is 0. The number of carbonyl (C=O) groups excluding carboxylic acids is 3. The van der Waals surface area contributed by atoms with Crippen LogP contribution < -0.4 is 0 Å². The molecule has 0 saturated heterocycles. The molecule has 0 bridgehead atoms. The van der Waals surface area contributed by atoms with Gasteiger partial charge in [-0.05, 0) is 83.5 Å². The summed E-state index contributed by atoms with van der Waals surface area (Å²) in [5, 5.41) is 0. The predicted molar refractivity (Wildman–Crippen MR) is 344 cm³/mol. The number of carbonyl (C=O) groups is 3. The highest BCUT2D eigenvalue weighted by molar-refractivity contribution is 5.71. The SMILES string of the molecule is CC/C=C\C/C=C\C/C=C\C/C=C\C/C=C\C/C=C\C/C=C\C/C=C\CCCCCCCCCCC(=O)OCC(COC(=O)CCCCCCCCCCCCCCCC)OC(=O)CCCCCCCCCCCCCCCC. The molecule has 0 rings (SSSR count). The Kier molecular flexibility index (Phi) is 63.7. The monoisotopic (exact) mass is 1100 g/mol. The molecule has 0 saturated carbocycles. The zero-order chi connectivity index (χ0) is 57.1. The maximum Gasteiger partial charge on any atom is 0.306 e. The van der Waals surface area contributed by atoms with Crippen molar-refractivity contribution in [3.8, 4) is 0 Å². The lowest BCUT2D eigenvalue weighted by molar-refractivity contribution is -0.167. The second-order valence-corrected chi connectivity index (χ2v) is 22.4. The Bertz CT molecular complexity index is 1540. The molecule has 0 aromatic rings. The zero-order valence-electron chi connectivity index (χ0n) is 52.1. The van der Waals surface area contributed by atoms with Crippen LogP contribution in [0.15, 0.2) is 97.2 Å². The quantitative estimate of drug-likeness (QED) is 0.0261. The number of rotatable bonds is 61. The number of unbranched alkanes of at least 4 members (excludes halogenated alkanes) is 34. The highest BCUT2D eigenvalue weighted by Gasteiger charge is 2.19. The molecule has 79 heavy (non-hydrogen) atoms. The molecule has 1 unspecified atom stereocenters. The molecule has 0 radical (unpaired) electrons. The molecule has 0 spiro atoms. The standard InChI is InChI=1S/C73H126O6/c1-4-7-10-13-16-19-22-25-28-29-30-31-32-33-34-35-36-37-38-39-40-41-42-43-44-45-46-49-51-54-57-60-63-66-72(75)78-69-70(79-73(76)67-64-61-58-55-52-48-27-24-21-18-15-12-9-6-3)68-77-71(74)65-62-59-56-53-50-47-26-23-20-17-14-11-8-5-2/h7,10,16,19,25,28,30-31,33-34,36-37,39-40,42-43,70H,4-6,8-9,11-15,17-18,20-24,26-27,29,32,35,38,41,44-69H2,1-3H3/b10-7-,19-16-,28-25-,31-30-,34-33-,37-36-,40-39-,43-42-.